The van der Waals surface area contributed by atoms with Crippen molar-refractivity contribution in [2.45, 2.75) is 37.6 Å². The van der Waals surface area contributed by atoms with E-state index in [1.807, 2.05) is 25.3 Å². The van der Waals surface area contributed by atoms with Crippen molar-refractivity contribution in [2.75, 3.05) is 19.3 Å². The first kappa shape index (κ1) is 18.1. The van der Waals surface area contributed by atoms with E-state index in [1.54, 1.807) is 12.1 Å². The SMILES string of the molecule is Cc1ccc(C[C@H]2CCCN(Cc3ccc(S(C)(=O)=O)cc3)C2)cn1. The van der Waals surface area contributed by atoms with Crippen molar-refractivity contribution in [3.05, 3.63) is 59.4 Å². The summed E-state index contributed by atoms with van der Waals surface area (Å²) in [6.07, 6.45) is 6.80. The summed E-state index contributed by atoms with van der Waals surface area (Å²) in [6, 6.07) is 11.6. The van der Waals surface area contributed by atoms with Crippen molar-refractivity contribution in [1.82, 2.24) is 9.88 Å². The number of piperidine rings is 1. The van der Waals surface area contributed by atoms with Crippen LogP contribution in [0.1, 0.15) is 29.7 Å². The number of hydrogen-bond donors (Lipinski definition) is 0. The average Bonchev–Trinajstić information content (AvgIpc) is 2.57. The molecular weight excluding hydrogens is 332 g/mol. The molecule has 0 unspecified atom stereocenters. The van der Waals surface area contributed by atoms with Gasteiger partial charge in [-0.25, -0.2) is 8.42 Å². The summed E-state index contributed by atoms with van der Waals surface area (Å²) < 4.78 is 23.1. The van der Waals surface area contributed by atoms with E-state index < -0.39 is 9.84 Å². The Morgan fingerprint density at radius 3 is 2.48 bits per heavy atom. The molecule has 5 heteroatoms. The third-order valence-corrected chi connectivity index (χ3v) is 5.99. The molecule has 0 spiro atoms. The largest absolute Gasteiger partial charge is 0.299 e. The average molecular weight is 359 g/mol. The van der Waals surface area contributed by atoms with Gasteiger partial charge in [-0.1, -0.05) is 18.2 Å². The Labute approximate surface area is 150 Å². The molecule has 0 N–H and O–H groups in total. The normalized spacial score (nSPS) is 19.0. The van der Waals surface area contributed by atoms with Crippen molar-refractivity contribution < 1.29 is 8.42 Å². The molecule has 1 atom stereocenters. The first-order valence-corrected chi connectivity index (χ1v) is 10.7. The summed E-state index contributed by atoms with van der Waals surface area (Å²) in [7, 11) is -3.12. The maximum Gasteiger partial charge on any atom is 0.175 e. The van der Waals surface area contributed by atoms with Crippen molar-refractivity contribution in [2.24, 2.45) is 5.92 Å². The first-order valence-electron chi connectivity index (χ1n) is 8.83. The van der Waals surface area contributed by atoms with Gasteiger partial charge in [0.1, 0.15) is 0 Å². The van der Waals surface area contributed by atoms with Crippen LogP contribution in [0.4, 0.5) is 0 Å². The van der Waals surface area contributed by atoms with Crippen LogP contribution in [0.25, 0.3) is 0 Å². The lowest BCUT2D eigenvalue weighted by Crippen LogP contribution is -2.35. The number of likely N-dealkylation sites (tertiary alicyclic amines) is 1. The molecule has 1 aliphatic heterocycles. The van der Waals surface area contributed by atoms with Gasteiger partial charge in [0, 0.05) is 31.2 Å². The number of aryl methyl sites for hydroxylation is 1. The number of hydrogen-bond acceptors (Lipinski definition) is 4. The molecule has 2 heterocycles. The van der Waals surface area contributed by atoms with Gasteiger partial charge in [-0.05, 0) is 68.0 Å². The molecular formula is C20H26N2O2S. The molecule has 0 aliphatic carbocycles. The molecule has 1 fully saturated rings. The van der Waals surface area contributed by atoms with Crippen LogP contribution < -0.4 is 0 Å². The van der Waals surface area contributed by atoms with Crippen LogP contribution in [0.15, 0.2) is 47.5 Å². The van der Waals surface area contributed by atoms with Crippen LogP contribution in [0.3, 0.4) is 0 Å². The first-order chi connectivity index (χ1) is 11.9. The van der Waals surface area contributed by atoms with Crippen LogP contribution in [0.5, 0.6) is 0 Å². The van der Waals surface area contributed by atoms with E-state index in [1.165, 1.54) is 30.2 Å². The van der Waals surface area contributed by atoms with Crippen molar-refractivity contribution >= 4 is 9.84 Å². The maximum absolute atomic E-state index is 11.6. The van der Waals surface area contributed by atoms with Crippen LogP contribution in [-0.2, 0) is 22.8 Å². The van der Waals surface area contributed by atoms with Gasteiger partial charge in [-0.3, -0.25) is 9.88 Å². The Bertz CT molecular complexity index is 799. The van der Waals surface area contributed by atoms with Gasteiger partial charge >= 0.3 is 0 Å². The Morgan fingerprint density at radius 2 is 1.84 bits per heavy atom. The van der Waals surface area contributed by atoms with E-state index in [0.29, 0.717) is 10.8 Å². The number of aromatic nitrogens is 1. The Hall–Kier alpha value is -1.72. The summed E-state index contributed by atoms with van der Waals surface area (Å²) in [5.74, 6) is 0.661. The van der Waals surface area contributed by atoms with Gasteiger partial charge in [0.05, 0.1) is 4.90 Å². The second-order valence-electron chi connectivity index (χ2n) is 7.17. The Kier molecular flexibility index (Phi) is 5.54. The van der Waals surface area contributed by atoms with Gasteiger partial charge in [0.25, 0.3) is 0 Å². The second kappa shape index (κ2) is 7.67. The Balaban J connectivity index is 1.59. The third kappa shape index (κ3) is 5.13. The van der Waals surface area contributed by atoms with E-state index in [-0.39, 0.29) is 0 Å². The van der Waals surface area contributed by atoms with E-state index in [4.69, 9.17) is 0 Å². The molecule has 0 amide bonds. The predicted octanol–water partition coefficient (Wildman–Crippen LogP) is 3.25. The summed E-state index contributed by atoms with van der Waals surface area (Å²) in [4.78, 5) is 7.26. The molecule has 134 valence electrons. The summed E-state index contributed by atoms with van der Waals surface area (Å²) in [5, 5.41) is 0. The standard InChI is InChI=1S/C20H26N2O2S/c1-16-5-6-18(13-21-16)12-19-4-3-11-22(15-19)14-17-7-9-20(10-8-17)25(2,23)24/h5-10,13,19H,3-4,11-12,14-15H2,1-2H3/t19-/m1/s1. The summed E-state index contributed by atoms with van der Waals surface area (Å²) >= 11 is 0. The molecule has 0 radical (unpaired) electrons. The predicted molar refractivity (Wildman–Crippen MR) is 100 cm³/mol. The number of sulfone groups is 1. The monoisotopic (exact) mass is 358 g/mol. The molecule has 0 bridgehead atoms. The van der Waals surface area contributed by atoms with E-state index in [2.05, 4.69) is 22.0 Å². The van der Waals surface area contributed by atoms with Crippen LogP contribution in [0.2, 0.25) is 0 Å². The van der Waals surface area contributed by atoms with Crippen LogP contribution >= 0.6 is 0 Å². The zero-order valence-corrected chi connectivity index (χ0v) is 15.8. The van der Waals surface area contributed by atoms with E-state index in [0.717, 1.165) is 31.7 Å². The van der Waals surface area contributed by atoms with Crippen molar-refractivity contribution in [3.63, 3.8) is 0 Å². The van der Waals surface area contributed by atoms with Crippen LogP contribution in [0, 0.1) is 12.8 Å². The van der Waals surface area contributed by atoms with Gasteiger partial charge in [0.15, 0.2) is 9.84 Å². The zero-order valence-electron chi connectivity index (χ0n) is 15.0. The summed E-state index contributed by atoms with van der Waals surface area (Å²) in [5.41, 5.74) is 3.55. The molecule has 25 heavy (non-hydrogen) atoms. The minimum Gasteiger partial charge on any atom is -0.299 e. The number of pyridine rings is 1. The molecule has 3 rings (SSSR count). The minimum atomic E-state index is -3.12. The highest BCUT2D eigenvalue weighted by Crippen LogP contribution is 2.22. The minimum absolute atomic E-state index is 0.389. The number of benzene rings is 1. The maximum atomic E-state index is 11.6. The fraction of sp³-hybridized carbons (Fsp3) is 0.450. The smallest absolute Gasteiger partial charge is 0.175 e. The molecule has 1 aromatic carbocycles. The Morgan fingerprint density at radius 1 is 1.12 bits per heavy atom. The van der Waals surface area contributed by atoms with E-state index in [9.17, 15) is 8.42 Å². The molecule has 1 saturated heterocycles. The second-order valence-corrected chi connectivity index (χ2v) is 9.19. The number of rotatable bonds is 5. The fourth-order valence-electron chi connectivity index (χ4n) is 3.51. The van der Waals surface area contributed by atoms with Gasteiger partial charge < -0.3 is 0 Å². The molecule has 4 nitrogen and oxygen atoms in total. The lowest BCUT2D eigenvalue weighted by atomic mass is 9.91. The topological polar surface area (TPSA) is 50.3 Å². The highest BCUT2D eigenvalue weighted by Gasteiger charge is 2.20. The molecule has 1 aliphatic rings. The molecule has 2 aromatic rings. The molecule has 0 saturated carbocycles. The highest BCUT2D eigenvalue weighted by molar-refractivity contribution is 7.90. The van der Waals surface area contributed by atoms with Gasteiger partial charge in [0.2, 0.25) is 0 Å². The van der Waals surface area contributed by atoms with E-state index >= 15 is 0 Å². The number of nitrogens with zero attached hydrogens (tertiary/aromatic N) is 2. The molecule has 1 aromatic heterocycles. The summed E-state index contributed by atoms with van der Waals surface area (Å²) in [6.45, 7) is 5.09. The van der Waals surface area contributed by atoms with Crippen molar-refractivity contribution in [1.29, 1.82) is 0 Å². The van der Waals surface area contributed by atoms with Crippen molar-refractivity contribution in [3.8, 4) is 0 Å². The lowest BCUT2D eigenvalue weighted by Gasteiger charge is -2.33. The lowest BCUT2D eigenvalue weighted by molar-refractivity contribution is 0.167. The quantitative estimate of drug-likeness (QED) is 0.823. The highest BCUT2D eigenvalue weighted by atomic mass is 32.2. The van der Waals surface area contributed by atoms with Gasteiger partial charge in [-0.2, -0.15) is 0 Å². The zero-order chi connectivity index (χ0) is 17.9. The third-order valence-electron chi connectivity index (χ3n) is 4.86. The van der Waals surface area contributed by atoms with Crippen LogP contribution in [-0.4, -0.2) is 37.6 Å². The fourth-order valence-corrected chi connectivity index (χ4v) is 4.14. The van der Waals surface area contributed by atoms with Gasteiger partial charge in [-0.15, -0.1) is 0 Å².